The highest BCUT2D eigenvalue weighted by molar-refractivity contribution is 9.10. The van der Waals surface area contributed by atoms with Gasteiger partial charge in [0.15, 0.2) is 6.07 Å². The van der Waals surface area contributed by atoms with E-state index in [1.807, 2.05) is 0 Å². The topological polar surface area (TPSA) is 61.1 Å². The molecule has 1 rings (SSSR count). The standard InChI is InChI=1S/C10H4BrNO2/c11-9-6-8(10(13)14)4-3-7(9)2-1-5-12/h3-4,6H,(H,13,14). The highest BCUT2D eigenvalue weighted by Gasteiger charge is 2.04. The molecule has 0 atom stereocenters. The fourth-order valence-corrected chi connectivity index (χ4v) is 1.32. The van der Waals surface area contributed by atoms with E-state index in [1.165, 1.54) is 12.1 Å². The molecule has 4 heteroatoms. The second-order valence-corrected chi connectivity index (χ2v) is 3.22. The van der Waals surface area contributed by atoms with Crippen LogP contribution in [0.2, 0.25) is 0 Å². The molecule has 0 spiro atoms. The summed E-state index contributed by atoms with van der Waals surface area (Å²) in [5.41, 5.74) is 0.774. The van der Waals surface area contributed by atoms with E-state index in [2.05, 4.69) is 27.8 Å². The Morgan fingerprint density at radius 3 is 2.71 bits per heavy atom. The SMILES string of the molecule is N#CC#Cc1ccc(C(=O)O)cc1Br. The maximum atomic E-state index is 10.6. The van der Waals surface area contributed by atoms with Gasteiger partial charge in [0.05, 0.1) is 5.56 Å². The van der Waals surface area contributed by atoms with Crippen LogP contribution < -0.4 is 0 Å². The molecule has 0 aromatic heterocycles. The summed E-state index contributed by atoms with van der Waals surface area (Å²) in [6, 6.07) is 6.12. The number of carbonyl (C=O) groups is 1. The van der Waals surface area contributed by atoms with Crippen molar-refractivity contribution in [3.05, 3.63) is 33.8 Å². The van der Waals surface area contributed by atoms with Crippen LogP contribution in [0, 0.1) is 23.2 Å². The number of carboxylic acid groups (broad SMARTS) is 1. The highest BCUT2D eigenvalue weighted by atomic mass is 79.9. The zero-order valence-corrected chi connectivity index (χ0v) is 8.50. The largest absolute Gasteiger partial charge is 0.478 e. The number of benzene rings is 1. The predicted molar refractivity (Wildman–Crippen MR) is 53.6 cm³/mol. The average molecular weight is 250 g/mol. The monoisotopic (exact) mass is 249 g/mol. The van der Waals surface area contributed by atoms with Crippen LogP contribution in [0.5, 0.6) is 0 Å². The van der Waals surface area contributed by atoms with E-state index in [0.29, 0.717) is 10.0 Å². The van der Waals surface area contributed by atoms with Gasteiger partial charge in [0.2, 0.25) is 0 Å². The van der Waals surface area contributed by atoms with E-state index >= 15 is 0 Å². The molecule has 0 heterocycles. The number of nitrogens with zero attached hydrogens (tertiary/aromatic N) is 1. The molecule has 3 nitrogen and oxygen atoms in total. The van der Waals surface area contributed by atoms with Crippen molar-refractivity contribution in [1.29, 1.82) is 5.26 Å². The zero-order valence-electron chi connectivity index (χ0n) is 6.91. The molecule has 1 N–H and O–H groups in total. The fraction of sp³-hybridized carbons (Fsp3) is 0. The maximum Gasteiger partial charge on any atom is 0.335 e. The molecule has 0 amide bonds. The van der Waals surface area contributed by atoms with Crippen LogP contribution in [0.4, 0.5) is 0 Å². The first-order valence-electron chi connectivity index (χ1n) is 3.58. The Morgan fingerprint density at radius 2 is 2.21 bits per heavy atom. The summed E-state index contributed by atoms with van der Waals surface area (Å²) >= 11 is 3.17. The second-order valence-electron chi connectivity index (χ2n) is 2.36. The Bertz CT molecular complexity index is 477. The van der Waals surface area contributed by atoms with Gasteiger partial charge < -0.3 is 5.11 Å². The normalized spacial score (nSPS) is 8.29. The molecule has 14 heavy (non-hydrogen) atoms. The second kappa shape index (κ2) is 4.45. The third-order valence-corrected chi connectivity index (χ3v) is 2.13. The van der Waals surface area contributed by atoms with Gasteiger partial charge in [-0.3, -0.25) is 0 Å². The molecule has 0 saturated carbocycles. The Labute approximate surface area is 89.1 Å². The first kappa shape index (κ1) is 10.3. The van der Waals surface area contributed by atoms with E-state index in [1.54, 1.807) is 12.1 Å². The predicted octanol–water partition coefficient (Wildman–Crippen LogP) is 2.02. The molecule has 0 aliphatic heterocycles. The maximum absolute atomic E-state index is 10.6. The van der Waals surface area contributed by atoms with E-state index in [4.69, 9.17) is 10.4 Å². The van der Waals surface area contributed by atoms with Crippen LogP contribution in [0.15, 0.2) is 22.7 Å². The van der Waals surface area contributed by atoms with Crippen molar-refractivity contribution in [1.82, 2.24) is 0 Å². The Hall–Kier alpha value is -1.78. The number of aromatic carboxylic acids is 1. The molecule has 68 valence electrons. The van der Waals surface area contributed by atoms with E-state index < -0.39 is 5.97 Å². The van der Waals surface area contributed by atoms with Crippen molar-refractivity contribution in [3.8, 4) is 17.9 Å². The lowest BCUT2D eigenvalue weighted by molar-refractivity contribution is 0.0697. The summed E-state index contributed by atoms with van der Waals surface area (Å²) in [5, 5.41) is 16.9. The van der Waals surface area contributed by atoms with E-state index in [-0.39, 0.29) is 5.56 Å². The van der Waals surface area contributed by atoms with Crippen molar-refractivity contribution in [3.63, 3.8) is 0 Å². The van der Waals surface area contributed by atoms with E-state index in [0.717, 1.165) is 0 Å². The number of nitriles is 1. The van der Waals surface area contributed by atoms with Crippen molar-refractivity contribution >= 4 is 21.9 Å². The smallest absolute Gasteiger partial charge is 0.335 e. The number of carboxylic acids is 1. The Balaban J connectivity index is 3.15. The Kier molecular flexibility index (Phi) is 3.28. The lowest BCUT2D eigenvalue weighted by Crippen LogP contribution is -1.96. The first-order chi connectivity index (χ1) is 6.65. The molecule has 1 aromatic carbocycles. The third-order valence-electron chi connectivity index (χ3n) is 1.47. The van der Waals surface area contributed by atoms with Crippen molar-refractivity contribution in [2.45, 2.75) is 0 Å². The summed E-state index contributed by atoms with van der Waals surface area (Å²) in [6.07, 6.45) is 0. The van der Waals surface area contributed by atoms with Gasteiger partial charge in [0.1, 0.15) is 0 Å². The Morgan fingerprint density at radius 1 is 1.50 bits per heavy atom. The lowest BCUT2D eigenvalue weighted by atomic mass is 10.1. The van der Waals surface area contributed by atoms with E-state index in [9.17, 15) is 4.79 Å². The van der Waals surface area contributed by atoms with Gasteiger partial charge in [0, 0.05) is 16.0 Å². The molecule has 1 aromatic rings. The van der Waals surface area contributed by atoms with Crippen LogP contribution in [0.1, 0.15) is 15.9 Å². The summed E-state index contributed by atoms with van der Waals surface area (Å²) < 4.78 is 0.570. The van der Waals surface area contributed by atoms with Gasteiger partial charge in [-0.05, 0) is 40.0 Å². The minimum atomic E-state index is -0.995. The minimum Gasteiger partial charge on any atom is -0.478 e. The van der Waals surface area contributed by atoms with Crippen LogP contribution in [-0.2, 0) is 0 Å². The molecule has 0 radical (unpaired) electrons. The fourth-order valence-electron chi connectivity index (χ4n) is 0.845. The molecule has 0 aliphatic carbocycles. The van der Waals surface area contributed by atoms with Gasteiger partial charge in [-0.25, -0.2) is 4.79 Å². The average Bonchev–Trinajstić information content (AvgIpc) is 2.15. The summed E-state index contributed by atoms with van der Waals surface area (Å²) in [6.45, 7) is 0. The number of hydrogen-bond acceptors (Lipinski definition) is 2. The van der Waals surface area contributed by atoms with Crippen molar-refractivity contribution < 1.29 is 9.90 Å². The highest BCUT2D eigenvalue weighted by Crippen LogP contribution is 2.17. The quantitative estimate of drug-likeness (QED) is 0.775. The van der Waals surface area contributed by atoms with Crippen LogP contribution >= 0.6 is 15.9 Å². The molecule has 0 unspecified atom stereocenters. The molecule has 0 fully saturated rings. The van der Waals surface area contributed by atoms with Crippen LogP contribution in [0.25, 0.3) is 0 Å². The summed E-state index contributed by atoms with van der Waals surface area (Å²) in [7, 11) is 0. The van der Waals surface area contributed by atoms with Crippen molar-refractivity contribution in [2.75, 3.05) is 0 Å². The van der Waals surface area contributed by atoms with Gasteiger partial charge >= 0.3 is 5.97 Å². The molecule has 0 saturated heterocycles. The molecule has 0 aliphatic rings. The van der Waals surface area contributed by atoms with Gasteiger partial charge in [-0.2, -0.15) is 5.26 Å². The van der Waals surface area contributed by atoms with Crippen LogP contribution in [0.3, 0.4) is 0 Å². The summed E-state index contributed by atoms with van der Waals surface area (Å²) in [4.78, 5) is 10.6. The zero-order chi connectivity index (χ0) is 10.6. The van der Waals surface area contributed by atoms with Gasteiger partial charge in [-0.1, -0.05) is 0 Å². The number of halogens is 1. The van der Waals surface area contributed by atoms with Gasteiger partial charge in [0.25, 0.3) is 0 Å². The van der Waals surface area contributed by atoms with Crippen molar-refractivity contribution in [2.24, 2.45) is 0 Å². The third kappa shape index (κ3) is 2.35. The molecular weight excluding hydrogens is 246 g/mol. The number of rotatable bonds is 1. The number of hydrogen-bond donors (Lipinski definition) is 1. The van der Waals surface area contributed by atoms with Gasteiger partial charge in [-0.15, -0.1) is 0 Å². The van der Waals surface area contributed by atoms with Crippen LogP contribution in [-0.4, -0.2) is 11.1 Å². The molecular formula is C10H4BrNO2. The molecule has 0 bridgehead atoms. The summed E-state index contributed by atoms with van der Waals surface area (Å²) in [5.74, 6) is 3.82. The lowest BCUT2D eigenvalue weighted by Gasteiger charge is -1.97. The minimum absolute atomic E-state index is 0.180. The first-order valence-corrected chi connectivity index (χ1v) is 4.37.